The summed E-state index contributed by atoms with van der Waals surface area (Å²) in [5.41, 5.74) is -1.63. The summed E-state index contributed by atoms with van der Waals surface area (Å²) >= 11 is 0. The van der Waals surface area contributed by atoms with Crippen molar-refractivity contribution in [3.8, 4) is 0 Å². The van der Waals surface area contributed by atoms with Crippen LogP contribution in [0.2, 0.25) is 0 Å². The van der Waals surface area contributed by atoms with Crippen molar-refractivity contribution in [1.29, 1.82) is 0 Å². The minimum atomic E-state index is -3.71. The number of alkyl halides is 2. The van der Waals surface area contributed by atoms with Crippen LogP contribution in [0.25, 0.3) is 0 Å². The minimum Gasteiger partial charge on any atom is -0.477 e. The third-order valence-corrected chi connectivity index (χ3v) is 7.46. The lowest BCUT2D eigenvalue weighted by Crippen LogP contribution is -2.61. The second-order valence-electron chi connectivity index (χ2n) is 7.18. The van der Waals surface area contributed by atoms with Gasteiger partial charge in [0, 0.05) is 11.8 Å². The van der Waals surface area contributed by atoms with Gasteiger partial charge in [0.2, 0.25) is 0 Å². The van der Waals surface area contributed by atoms with E-state index in [0.29, 0.717) is 23.7 Å². The zero-order chi connectivity index (χ0) is 12.2. The lowest BCUT2D eigenvalue weighted by molar-refractivity contribution is -0.222. The maximum Gasteiger partial charge on any atom is 0.377 e. The molecule has 2 heterocycles. The van der Waals surface area contributed by atoms with Gasteiger partial charge >= 0.3 is 11.9 Å². The molecular weight excluding hydrogens is 242 g/mol. The molecule has 5 saturated carbocycles. The second kappa shape index (κ2) is 2.03. The van der Waals surface area contributed by atoms with Gasteiger partial charge in [-0.15, -0.1) is 0 Å². The largest absolute Gasteiger partial charge is 0.477 e. The molecule has 0 unspecified atom stereocenters. The van der Waals surface area contributed by atoms with Gasteiger partial charge in [-0.25, -0.2) is 4.79 Å². The van der Waals surface area contributed by atoms with Crippen molar-refractivity contribution in [2.75, 3.05) is 0 Å². The Morgan fingerprint density at radius 1 is 1.17 bits per heavy atom. The van der Waals surface area contributed by atoms with Gasteiger partial charge in [-0.1, -0.05) is 0 Å². The van der Waals surface area contributed by atoms with Gasteiger partial charge in [0.1, 0.15) is 0 Å². The molecule has 4 bridgehead atoms. The molecule has 7 aliphatic rings. The summed E-state index contributed by atoms with van der Waals surface area (Å²) in [6.07, 6.45) is 1.03. The van der Waals surface area contributed by atoms with Gasteiger partial charge in [-0.05, 0) is 41.9 Å². The van der Waals surface area contributed by atoms with E-state index in [9.17, 15) is 13.6 Å². The van der Waals surface area contributed by atoms with E-state index in [2.05, 4.69) is 0 Å². The summed E-state index contributed by atoms with van der Waals surface area (Å²) < 4.78 is 34.4. The number of hydrogen-bond acceptors (Lipinski definition) is 2. The summed E-state index contributed by atoms with van der Waals surface area (Å²) in [7, 11) is 0. The van der Waals surface area contributed by atoms with E-state index in [4.69, 9.17) is 9.84 Å². The Morgan fingerprint density at radius 2 is 1.94 bits per heavy atom. The molecule has 1 N–H and O–H groups in total. The first-order chi connectivity index (χ1) is 8.52. The van der Waals surface area contributed by atoms with E-state index in [1.165, 1.54) is 0 Å². The van der Waals surface area contributed by atoms with Gasteiger partial charge in [0.15, 0.2) is 5.60 Å². The predicted molar refractivity (Wildman–Crippen MR) is 52.7 cm³/mol. The molecule has 0 aromatic carbocycles. The molecule has 96 valence electrons. The average molecular weight is 254 g/mol. The molecule has 2 saturated heterocycles. The Morgan fingerprint density at radius 3 is 2.67 bits per heavy atom. The average Bonchev–Trinajstić information content (AvgIpc) is 2.86. The van der Waals surface area contributed by atoms with Crippen LogP contribution in [0.3, 0.4) is 0 Å². The van der Waals surface area contributed by atoms with Crippen molar-refractivity contribution < 1.29 is 23.4 Å². The number of carboxylic acids is 1. The van der Waals surface area contributed by atoms with E-state index in [1.54, 1.807) is 0 Å². The molecular formula is C13H12F2O3. The molecule has 18 heavy (non-hydrogen) atoms. The summed E-state index contributed by atoms with van der Waals surface area (Å²) in [4.78, 5) is 11.0. The first-order valence-corrected chi connectivity index (χ1v) is 6.81. The molecule has 0 radical (unpaired) electrons. The predicted octanol–water partition coefficient (Wildman–Crippen LogP) is 1.23. The van der Waals surface area contributed by atoms with Gasteiger partial charge in [0.25, 0.3) is 0 Å². The molecule has 3 nitrogen and oxygen atoms in total. The molecule has 0 amide bonds. The molecule has 0 aromatic rings. The topological polar surface area (TPSA) is 46.5 Å². The Kier molecular flexibility index (Phi) is 1.04. The van der Waals surface area contributed by atoms with Crippen LogP contribution in [-0.2, 0) is 9.53 Å². The van der Waals surface area contributed by atoms with Crippen molar-refractivity contribution in [3.05, 3.63) is 0 Å². The third kappa shape index (κ3) is 0.497. The van der Waals surface area contributed by atoms with Crippen molar-refractivity contribution in [2.45, 2.75) is 24.0 Å². The standard InChI is InChI=1S/C13H12F2O3/c14-13(15,11(16)17)12-8-3-1-2-4-5(3)9(12)7(4)10(18-12)6(2)8/h2-10H,1H2,(H,16,17)/t2-,3-,4+,5+,6+,7+,8-,9-,10-,12-/m0/s1. The van der Waals surface area contributed by atoms with Crippen LogP contribution >= 0.6 is 0 Å². The highest BCUT2D eigenvalue weighted by Crippen LogP contribution is 2.91. The molecule has 7 fully saturated rings. The van der Waals surface area contributed by atoms with Gasteiger partial charge in [0.05, 0.1) is 6.10 Å². The lowest BCUT2D eigenvalue weighted by Gasteiger charge is -2.46. The van der Waals surface area contributed by atoms with Gasteiger partial charge < -0.3 is 9.84 Å². The second-order valence-corrected chi connectivity index (χ2v) is 7.18. The Bertz CT molecular complexity index is 524. The monoisotopic (exact) mass is 254 g/mol. The maximum absolute atomic E-state index is 14.3. The SMILES string of the molecule is O=C(O)C(F)(F)[C@@]12O[C@@H]3[C@@H]4[C@@H]5[C@@H]6C[C@@H]([C@H]5[C@@H]41)[C@H]2[C@@H]63. The Labute approximate surface area is 101 Å². The summed E-state index contributed by atoms with van der Waals surface area (Å²) in [6, 6.07) is 0. The summed E-state index contributed by atoms with van der Waals surface area (Å²) in [6.45, 7) is 0. The zero-order valence-corrected chi connectivity index (χ0v) is 9.42. The highest BCUT2D eigenvalue weighted by atomic mass is 19.3. The first kappa shape index (κ1) is 9.23. The quantitative estimate of drug-likeness (QED) is 0.806. The number of halogens is 2. The van der Waals surface area contributed by atoms with Crippen molar-refractivity contribution in [2.24, 2.45) is 47.3 Å². The Balaban J connectivity index is 1.65. The van der Waals surface area contributed by atoms with Gasteiger partial charge in [-0.3, -0.25) is 0 Å². The molecule has 2 aliphatic heterocycles. The maximum atomic E-state index is 14.3. The summed E-state index contributed by atoms with van der Waals surface area (Å²) in [5, 5.41) is 8.95. The summed E-state index contributed by atoms with van der Waals surface area (Å²) in [5.74, 6) is -3.63. The van der Waals surface area contributed by atoms with Crippen molar-refractivity contribution in [1.82, 2.24) is 0 Å². The van der Waals surface area contributed by atoms with E-state index in [1.807, 2.05) is 0 Å². The fourth-order valence-electron chi connectivity index (χ4n) is 7.67. The van der Waals surface area contributed by atoms with Crippen LogP contribution in [0.5, 0.6) is 0 Å². The van der Waals surface area contributed by atoms with Crippen LogP contribution < -0.4 is 0 Å². The number of aliphatic carboxylic acids is 1. The van der Waals surface area contributed by atoms with Crippen LogP contribution in [0, 0.1) is 47.3 Å². The van der Waals surface area contributed by atoms with E-state index < -0.39 is 17.5 Å². The molecule has 5 heteroatoms. The number of hydrogen-bond donors (Lipinski definition) is 1. The van der Waals surface area contributed by atoms with Crippen LogP contribution in [0.1, 0.15) is 6.42 Å². The third-order valence-electron chi connectivity index (χ3n) is 7.46. The van der Waals surface area contributed by atoms with Gasteiger partial charge in [-0.2, -0.15) is 8.78 Å². The minimum absolute atomic E-state index is 0.0380. The molecule has 10 atom stereocenters. The smallest absolute Gasteiger partial charge is 0.377 e. The molecule has 7 rings (SSSR count). The molecule has 5 aliphatic carbocycles. The fourth-order valence-corrected chi connectivity index (χ4v) is 7.67. The molecule has 0 aromatic heterocycles. The first-order valence-electron chi connectivity index (χ1n) is 6.81. The number of carboxylic acid groups (broad SMARTS) is 1. The van der Waals surface area contributed by atoms with E-state index in [0.717, 1.165) is 6.42 Å². The fraction of sp³-hybridized carbons (Fsp3) is 0.923. The highest BCUT2D eigenvalue weighted by molar-refractivity contribution is 5.78. The zero-order valence-electron chi connectivity index (χ0n) is 9.42. The number of carbonyl (C=O) groups is 1. The van der Waals surface area contributed by atoms with Crippen LogP contribution in [-0.4, -0.2) is 28.7 Å². The van der Waals surface area contributed by atoms with E-state index >= 15 is 0 Å². The molecule has 0 spiro atoms. The number of ether oxygens (including phenoxy) is 1. The number of rotatable bonds is 2. The van der Waals surface area contributed by atoms with E-state index in [-0.39, 0.29) is 29.8 Å². The van der Waals surface area contributed by atoms with Crippen molar-refractivity contribution >= 4 is 5.97 Å². The highest BCUT2D eigenvalue weighted by Gasteiger charge is 2.97. The normalized spacial score (nSPS) is 71.6. The van der Waals surface area contributed by atoms with Crippen molar-refractivity contribution in [3.63, 3.8) is 0 Å². The van der Waals surface area contributed by atoms with Crippen LogP contribution in [0.4, 0.5) is 8.78 Å². The Hall–Kier alpha value is -0.710. The lowest BCUT2D eigenvalue weighted by atomic mass is 9.56. The van der Waals surface area contributed by atoms with Crippen LogP contribution in [0.15, 0.2) is 0 Å².